The second-order valence-corrected chi connectivity index (χ2v) is 5.35. The summed E-state index contributed by atoms with van der Waals surface area (Å²) >= 11 is 0. The molecular formula is C20H11. The minimum Gasteiger partial charge on any atom is -0.0616 e. The van der Waals surface area contributed by atoms with Gasteiger partial charge in [0.25, 0.3) is 0 Å². The van der Waals surface area contributed by atoms with Crippen LogP contribution in [0.25, 0.3) is 43.8 Å². The summed E-state index contributed by atoms with van der Waals surface area (Å²) in [5.41, 5.74) is 5.38. The SMILES string of the molecule is [c]1ccc2c(c1)-c1c3ccccc3cc3cccc-2c13. The van der Waals surface area contributed by atoms with E-state index in [1.807, 2.05) is 6.07 Å². The van der Waals surface area contributed by atoms with Crippen molar-refractivity contribution in [2.45, 2.75) is 0 Å². The molecular weight excluding hydrogens is 240 g/mol. The van der Waals surface area contributed by atoms with Crippen LogP contribution in [-0.2, 0) is 0 Å². The van der Waals surface area contributed by atoms with E-state index < -0.39 is 0 Å². The van der Waals surface area contributed by atoms with Gasteiger partial charge in [-0.25, -0.2) is 0 Å². The van der Waals surface area contributed by atoms with E-state index in [1.165, 1.54) is 43.8 Å². The van der Waals surface area contributed by atoms with Crippen LogP contribution in [0, 0.1) is 6.07 Å². The molecule has 4 aromatic carbocycles. The van der Waals surface area contributed by atoms with E-state index in [1.54, 1.807) is 0 Å². The first-order valence-electron chi connectivity index (χ1n) is 6.89. The van der Waals surface area contributed by atoms with Crippen LogP contribution in [0.2, 0.25) is 0 Å². The average Bonchev–Trinajstić information content (AvgIpc) is 2.85. The molecule has 0 aliphatic heterocycles. The van der Waals surface area contributed by atoms with E-state index in [2.05, 4.69) is 66.7 Å². The van der Waals surface area contributed by atoms with Crippen molar-refractivity contribution in [2.75, 3.05) is 0 Å². The average molecular weight is 251 g/mol. The molecule has 91 valence electrons. The number of fused-ring (bicyclic) bond motifs is 5. The van der Waals surface area contributed by atoms with Gasteiger partial charge < -0.3 is 0 Å². The molecule has 1 radical (unpaired) electrons. The Labute approximate surface area is 117 Å². The Hall–Kier alpha value is -2.60. The van der Waals surface area contributed by atoms with Gasteiger partial charge in [-0.1, -0.05) is 54.6 Å². The lowest BCUT2D eigenvalue weighted by Crippen LogP contribution is -1.80. The Bertz CT molecular complexity index is 993. The highest BCUT2D eigenvalue weighted by molar-refractivity contribution is 6.23. The van der Waals surface area contributed by atoms with E-state index in [9.17, 15) is 0 Å². The number of hydrogen-bond acceptors (Lipinski definition) is 0. The fourth-order valence-electron chi connectivity index (χ4n) is 3.50. The number of benzene rings is 4. The third-order valence-electron chi connectivity index (χ3n) is 4.31. The summed E-state index contributed by atoms with van der Waals surface area (Å²) in [6, 6.07) is 27.1. The maximum Gasteiger partial charge on any atom is -0.00141 e. The monoisotopic (exact) mass is 251 g/mol. The molecule has 0 fully saturated rings. The van der Waals surface area contributed by atoms with Gasteiger partial charge in [0.05, 0.1) is 0 Å². The van der Waals surface area contributed by atoms with Crippen molar-refractivity contribution in [3.05, 3.63) is 72.8 Å². The fraction of sp³-hybridized carbons (Fsp3) is 0. The van der Waals surface area contributed by atoms with Crippen LogP contribution in [0.5, 0.6) is 0 Å². The maximum absolute atomic E-state index is 3.24. The van der Waals surface area contributed by atoms with Crippen LogP contribution >= 0.6 is 0 Å². The molecule has 1 aliphatic carbocycles. The molecule has 0 heterocycles. The molecule has 1 aliphatic rings. The Morgan fingerprint density at radius 1 is 0.700 bits per heavy atom. The van der Waals surface area contributed by atoms with Crippen molar-refractivity contribution in [3.63, 3.8) is 0 Å². The summed E-state index contributed by atoms with van der Waals surface area (Å²) in [7, 11) is 0. The lowest BCUT2D eigenvalue weighted by molar-refractivity contribution is 1.69. The third kappa shape index (κ3) is 1.12. The van der Waals surface area contributed by atoms with Crippen molar-refractivity contribution in [1.82, 2.24) is 0 Å². The standard InChI is InChI=1S/C20H11/c1-2-8-15-13(6-1)12-14-7-5-11-17-16-9-3-4-10-18(16)20(15)19(14)17/h1-3,5-12H. The first-order chi connectivity index (χ1) is 9.93. The number of rotatable bonds is 0. The van der Waals surface area contributed by atoms with E-state index >= 15 is 0 Å². The third-order valence-corrected chi connectivity index (χ3v) is 4.31. The van der Waals surface area contributed by atoms with Crippen LogP contribution < -0.4 is 0 Å². The van der Waals surface area contributed by atoms with Crippen molar-refractivity contribution < 1.29 is 0 Å². The summed E-state index contributed by atoms with van der Waals surface area (Å²) < 4.78 is 0. The van der Waals surface area contributed by atoms with Crippen LogP contribution in [0.3, 0.4) is 0 Å². The van der Waals surface area contributed by atoms with Gasteiger partial charge in [-0.05, 0) is 62.0 Å². The van der Waals surface area contributed by atoms with Gasteiger partial charge in [0, 0.05) is 0 Å². The molecule has 0 saturated heterocycles. The molecule has 0 amide bonds. The summed E-state index contributed by atoms with van der Waals surface area (Å²) in [5, 5.41) is 5.36. The van der Waals surface area contributed by atoms with E-state index in [0.29, 0.717) is 0 Å². The van der Waals surface area contributed by atoms with Crippen molar-refractivity contribution in [3.8, 4) is 22.3 Å². The second kappa shape index (κ2) is 3.49. The van der Waals surface area contributed by atoms with Gasteiger partial charge in [0.2, 0.25) is 0 Å². The Morgan fingerprint density at radius 2 is 1.60 bits per heavy atom. The second-order valence-electron chi connectivity index (χ2n) is 5.35. The first kappa shape index (κ1) is 10.2. The molecule has 0 nitrogen and oxygen atoms in total. The van der Waals surface area contributed by atoms with E-state index in [-0.39, 0.29) is 0 Å². The molecule has 0 saturated carbocycles. The molecule has 20 heavy (non-hydrogen) atoms. The smallest absolute Gasteiger partial charge is 0.00141 e. The Kier molecular flexibility index (Phi) is 1.78. The van der Waals surface area contributed by atoms with Crippen LogP contribution in [-0.4, -0.2) is 0 Å². The highest BCUT2D eigenvalue weighted by Crippen LogP contribution is 2.49. The van der Waals surface area contributed by atoms with Crippen molar-refractivity contribution in [2.24, 2.45) is 0 Å². The summed E-state index contributed by atoms with van der Waals surface area (Å²) in [6.07, 6.45) is 0. The van der Waals surface area contributed by atoms with Crippen LogP contribution in [0.1, 0.15) is 0 Å². The molecule has 0 atom stereocenters. The minimum atomic E-state index is 1.31. The topological polar surface area (TPSA) is 0 Å². The predicted octanol–water partition coefficient (Wildman–Crippen LogP) is 5.44. The summed E-state index contributed by atoms with van der Waals surface area (Å²) in [6.45, 7) is 0. The van der Waals surface area contributed by atoms with Gasteiger partial charge in [-0.15, -0.1) is 0 Å². The van der Waals surface area contributed by atoms with Gasteiger partial charge in [0.1, 0.15) is 0 Å². The molecule has 0 bridgehead atoms. The zero-order chi connectivity index (χ0) is 13.1. The van der Waals surface area contributed by atoms with Gasteiger partial charge in [0.15, 0.2) is 0 Å². The summed E-state index contributed by atoms with van der Waals surface area (Å²) in [5.74, 6) is 0. The largest absolute Gasteiger partial charge is 0.0616 e. The number of hydrogen-bond donors (Lipinski definition) is 0. The first-order valence-corrected chi connectivity index (χ1v) is 6.89. The van der Waals surface area contributed by atoms with E-state index in [4.69, 9.17) is 0 Å². The molecule has 0 heteroatoms. The molecule has 0 unspecified atom stereocenters. The fourth-order valence-corrected chi connectivity index (χ4v) is 3.50. The Morgan fingerprint density at radius 3 is 2.60 bits per heavy atom. The quantitative estimate of drug-likeness (QED) is 0.321. The molecule has 5 rings (SSSR count). The predicted molar refractivity (Wildman–Crippen MR) is 84.7 cm³/mol. The Balaban J connectivity index is 2.15. The highest BCUT2D eigenvalue weighted by atomic mass is 14.2. The van der Waals surface area contributed by atoms with Crippen molar-refractivity contribution >= 4 is 21.5 Å². The highest BCUT2D eigenvalue weighted by Gasteiger charge is 2.22. The van der Waals surface area contributed by atoms with Crippen molar-refractivity contribution in [1.29, 1.82) is 0 Å². The van der Waals surface area contributed by atoms with Gasteiger partial charge in [-0.2, -0.15) is 0 Å². The molecule has 0 N–H and O–H groups in total. The molecule has 0 spiro atoms. The molecule has 4 aromatic rings. The molecule has 0 aromatic heterocycles. The lowest BCUT2D eigenvalue weighted by Gasteiger charge is -2.07. The van der Waals surface area contributed by atoms with E-state index in [0.717, 1.165) is 0 Å². The van der Waals surface area contributed by atoms with Gasteiger partial charge in [-0.3, -0.25) is 0 Å². The minimum absolute atomic E-state index is 1.31. The summed E-state index contributed by atoms with van der Waals surface area (Å²) in [4.78, 5) is 0. The lowest BCUT2D eigenvalue weighted by atomic mass is 9.96. The van der Waals surface area contributed by atoms with Gasteiger partial charge >= 0.3 is 0 Å². The maximum atomic E-state index is 3.24. The van der Waals surface area contributed by atoms with Crippen LogP contribution in [0.15, 0.2) is 66.7 Å². The van der Waals surface area contributed by atoms with Crippen LogP contribution in [0.4, 0.5) is 0 Å². The normalized spacial score (nSPS) is 12.0. The zero-order valence-corrected chi connectivity index (χ0v) is 10.9. The zero-order valence-electron chi connectivity index (χ0n) is 10.9.